The third-order valence-electron chi connectivity index (χ3n) is 2.32. The SMILES string of the molecule is O=C1C=CC(=O)N1c1ccc(Br)c(C(F)(F)F)c1. The summed E-state index contributed by atoms with van der Waals surface area (Å²) < 4.78 is 37.9. The zero-order valence-corrected chi connectivity index (χ0v) is 10.2. The van der Waals surface area contributed by atoms with Crippen LogP contribution in [0.5, 0.6) is 0 Å². The number of carbonyl (C=O) groups excluding carboxylic acids is 2. The zero-order chi connectivity index (χ0) is 13.5. The fourth-order valence-electron chi connectivity index (χ4n) is 1.52. The van der Waals surface area contributed by atoms with Crippen LogP contribution >= 0.6 is 15.9 Å². The van der Waals surface area contributed by atoms with Crippen molar-refractivity contribution in [1.82, 2.24) is 0 Å². The van der Waals surface area contributed by atoms with Crippen LogP contribution in [0.3, 0.4) is 0 Å². The van der Waals surface area contributed by atoms with Crippen molar-refractivity contribution in [1.29, 1.82) is 0 Å². The summed E-state index contributed by atoms with van der Waals surface area (Å²) in [6, 6.07) is 3.17. The largest absolute Gasteiger partial charge is 0.417 e. The molecule has 0 fully saturated rings. The van der Waals surface area contributed by atoms with Gasteiger partial charge in [-0.25, -0.2) is 4.90 Å². The number of benzene rings is 1. The van der Waals surface area contributed by atoms with Gasteiger partial charge in [-0.15, -0.1) is 0 Å². The van der Waals surface area contributed by atoms with Crippen LogP contribution < -0.4 is 4.90 Å². The van der Waals surface area contributed by atoms with Crippen molar-refractivity contribution in [3.63, 3.8) is 0 Å². The molecule has 0 atom stereocenters. The first-order valence-electron chi connectivity index (χ1n) is 4.73. The lowest BCUT2D eigenvalue weighted by molar-refractivity contribution is -0.138. The van der Waals surface area contributed by atoms with Gasteiger partial charge < -0.3 is 0 Å². The summed E-state index contributed by atoms with van der Waals surface area (Å²) in [5.74, 6) is -1.31. The molecule has 0 aromatic heterocycles. The van der Waals surface area contributed by atoms with E-state index in [1.54, 1.807) is 0 Å². The first-order valence-corrected chi connectivity index (χ1v) is 5.53. The molecule has 1 aromatic carbocycles. The van der Waals surface area contributed by atoms with Crippen molar-refractivity contribution in [3.05, 3.63) is 40.4 Å². The predicted octanol–water partition coefficient (Wildman–Crippen LogP) is 2.90. The van der Waals surface area contributed by atoms with Crippen LogP contribution in [0.1, 0.15) is 5.56 Å². The number of rotatable bonds is 1. The average Bonchev–Trinajstić information content (AvgIpc) is 2.58. The van der Waals surface area contributed by atoms with E-state index in [-0.39, 0.29) is 10.2 Å². The van der Waals surface area contributed by atoms with Gasteiger partial charge in [0.05, 0.1) is 11.3 Å². The van der Waals surface area contributed by atoms with E-state index in [1.165, 1.54) is 6.07 Å². The molecule has 1 aromatic rings. The molecule has 0 saturated heterocycles. The summed E-state index contributed by atoms with van der Waals surface area (Å²) in [6.07, 6.45) is -2.54. The van der Waals surface area contributed by atoms with Crippen molar-refractivity contribution in [3.8, 4) is 0 Å². The van der Waals surface area contributed by atoms with Gasteiger partial charge in [0.1, 0.15) is 0 Å². The maximum Gasteiger partial charge on any atom is 0.417 e. The third kappa shape index (κ3) is 2.17. The summed E-state index contributed by atoms with van der Waals surface area (Å²) in [5, 5.41) is 0. The summed E-state index contributed by atoms with van der Waals surface area (Å²) in [6.45, 7) is 0. The van der Waals surface area contributed by atoms with E-state index in [0.29, 0.717) is 4.90 Å². The van der Waals surface area contributed by atoms with Crippen LogP contribution in [0.4, 0.5) is 18.9 Å². The molecule has 2 rings (SSSR count). The fraction of sp³-hybridized carbons (Fsp3) is 0.0909. The average molecular weight is 320 g/mol. The lowest BCUT2D eigenvalue weighted by atomic mass is 10.2. The highest BCUT2D eigenvalue weighted by atomic mass is 79.9. The topological polar surface area (TPSA) is 37.4 Å². The Morgan fingerprint density at radius 1 is 1.06 bits per heavy atom. The summed E-state index contributed by atoms with van der Waals surface area (Å²) in [7, 11) is 0. The molecule has 0 saturated carbocycles. The quantitative estimate of drug-likeness (QED) is 0.746. The van der Waals surface area contributed by atoms with Gasteiger partial charge in [-0.2, -0.15) is 13.2 Å². The number of nitrogens with zero attached hydrogens (tertiary/aromatic N) is 1. The zero-order valence-electron chi connectivity index (χ0n) is 8.66. The molecule has 7 heteroatoms. The van der Waals surface area contributed by atoms with Crippen LogP contribution in [0.2, 0.25) is 0 Å². The predicted molar refractivity (Wildman–Crippen MR) is 60.8 cm³/mol. The van der Waals surface area contributed by atoms with E-state index in [4.69, 9.17) is 0 Å². The summed E-state index contributed by atoms with van der Waals surface area (Å²) >= 11 is 2.78. The number of hydrogen-bond acceptors (Lipinski definition) is 2. The Morgan fingerprint density at radius 3 is 2.11 bits per heavy atom. The molecular weight excluding hydrogens is 315 g/mol. The molecule has 0 aliphatic carbocycles. The maximum atomic E-state index is 12.7. The monoisotopic (exact) mass is 319 g/mol. The Hall–Kier alpha value is -1.63. The second-order valence-corrected chi connectivity index (χ2v) is 4.36. The fourth-order valence-corrected chi connectivity index (χ4v) is 2.00. The molecular formula is C11H5BrF3NO2. The molecule has 1 aliphatic heterocycles. The molecule has 0 N–H and O–H groups in total. The van der Waals surface area contributed by atoms with Crippen molar-refractivity contribution in [2.24, 2.45) is 0 Å². The lowest BCUT2D eigenvalue weighted by Crippen LogP contribution is -2.29. The lowest BCUT2D eigenvalue weighted by Gasteiger charge is -2.16. The second kappa shape index (κ2) is 4.24. The number of halogens is 4. The maximum absolute atomic E-state index is 12.7. The molecule has 2 amide bonds. The van der Waals surface area contributed by atoms with E-state index in [1.807, 2.05) is 0 Å². The van der Waals surface area contributed by atoms with Crippen molar-refractivity contribution < 1.29 is 22.8 Å². The molecule has 3 nitrogen and oxygen atoms in total. The molecule has 1 heterocycles. The van der Waals surface area contributed by atoms with E-state index in [2.05, 4.69) is 15.9 Å². The summed E-state index contributed by atoms with van der Waals surface area (Å²) in [5.41, 5.74) is -1.04. The van der Waals surface area contributed by atoms with E-state index in [0.717, 1.165) is 24.3 Å². The molecule has 18 heavy (non-hydrogen) atoms. The minimum atomic E-state index is -4.56. The number of carbonyl (C=O) groups is 2. The first kappa shape index (κ1) is 12.8. The third-order valence-corrected chi connectivity index (χ3v) is 3.01. The summed E-state index contributed by atoms with van der Waals surface area (Å²) in [4.78, 5) is 23.4. The molecule has 0 radical (unpaired) electrons. The Morgan fingerprint density at radius 2 is 1.61 bits per heavy atom. The van der Waals surface area contributed by atoms with Crippen LogP contribution in [0, 0.1) is 0 Å². The van der Waals surface area contributed by atoms with Gasteiger partial charge in [0.25, 0.3) is 11.8 Å². The van der Waals surface area contributed by atoms with Crippen LogP contribution in [-0.2, 0) is 15.8 Å². The van der Waals surface area contributed by atoms with Crippen molar-refractivity contribution in [2.75, 3.05) is 4.90 Å². The standard InChI is InChI=1S/C11H5BrF3NO2/c12-8-2-1-6(5-7(8)11(13,14)15)16-9(17)3-4-10(16)18/h1-5H. The Kier molecular flexibility index (Phi) is 3.02. The first-order chi connectivity index (χ1) is 8.30. The minimum absolute atomic E-state index is 0.106. The van der Waals surface area contributed by atoms with Gasteiger partial charge in [0, 0.05) is 16.6 Å². The van der Waals surface area contributed by atoms with E-state index < -0.39 is 23.6 Å². The Labute approximate surface area is 108 Å². The van der Waals surface area contributed by atoms with Crippen molar-refractivity contribution in [2.45, 2.75) is 6.18 Å². The smallest absolute Gasteiger partial charge is 0.269 e. The van der Waals surface area contributed by atoms with E-state index >= 15 is 0 Å². The second-order valence-electron chi connectivity index (χ2n) is 3.51. The normalized spacial score (nSPS) is 15.7. The number of imide groups is 1. The molecule has 0 unspecified atom stereocenters. The van der Waals surface area contributed by atoms with Crippen molar-refractivity contribution >= 4 is 33.4 Å². The number of amides is 2. The molecule has 0 spiro atoms. The highest BCUT2D eigenvalue weighted by Crippen LogP contribution is 2.37. The van der Waals surface area contributed by atoms with Gasteiger partial charge in [0.15, 0.2) is 0 Å². The Bertz CT molecular complexity index is 548. The van der Waals surface area contributed by atoms with Gasteiger partial charge in [0.2, 0.25) is 0 Å². The Balaban J connectivity index is 2.48. The van der Waals surface area contributed by atoms with Gasteiger partial charge in [-0.1, -0.05) is 15.9 Å². The molecule has 94 valence electrons. The highest BCUT2D eigenvalue weighted by Gasteiger charge is 2.35. The van der Waals surface area contributed by atoms with Crippen LogP contribution in [0.15, 0.2) is 34.8 Å². The number of hydrogen-bond donors (Lipinski definition) is 0. The van der Waals surface area contributed by atoms with Crippen LogP contribution in [0.25, 0.3) is 0 Å². The molecule has 0 bridgehead atoms. The van der Waals surface area contributed by atoms with Gasteiger partial charge in [-0.3, -0.25) is 9.59 Å². The van der Waals surface area contributed by atoms with Gasteiger partial charge in [-0.05, 0) is 18.2 Å². The highest BCUT2D eigenvalue weighted by molar-refractivity contribution is 9.10. The van der Waals surface area contributed by atoms with E-state index in [9.17, 15) is 22.8 Å². The number of anilines is 1. The van der Waals surface area contributed by atoms with Gasteiger partial charge >= 0.3 is 6.18 Å². The minimum Gasteiger partial charge on any atom is -0.269 e. The number of alkyl halides is 3. The van der Waals surface area contributed by atoms with Crippen LogP contribution in [-0.4, -0.2) is 11.8 Å². The molecule has 1 aliphatic rings.